The SMILES string of the molecule is CSc1c(C)c(C)c(S)c(S)c1S. The van der Waals surface area contributed by atoms with Crippen LogP contribution >= 0.6 is 49.6 Å². The van der Waals surface area contributed by atoms with Crippen molar-refractivity contribution >= 4 is 49.6 Å². The fraction of sp³-hybridized carbons (Fsp3) is 0.333. The third-order valence-corrected chi connectivity index (χ3v) is 5.00. The van der Waals surface area contributed by atoms with Gasteiger partial charge in [0.05, 0.1) is 0 Å². The molecule has 0 saturated heterocycles. The van der Waals surface area contributed by atoms with E-state index in [-0.39, 0.29) is 0 Å². The third-order valence-electron chi connectivity index (χ3n) is 2.13. The second-order valence-electron chi connectivity index (χ2n) is 2.83. The number of thioether (sulfide) groups is 1. The predicted molar refractivity (Wildman–Crippen MR) is 69.5 cm³/mol. The average Bonchev–Trinajstić information content (AvgIpc) is 2.13. The van der Waals surface area contributed by atoms with Gasteiger partial charge < -0.3 is 0 Å². The van der Waals surface area contributed by atoms with Crippen molar-refractivity contribution < 1.29 is 0 Å². The van der Waals surface area contributed by atoms with Gasteiger partial charge in [-0.2, -0.15) is 0 Å². The Morgan fingerprint density at radius 3 is 1.85 bits per heavy atom. The van der Waals surface area contributed by atoms with E-state index in [0.717, 1.165) is 14.7 Å². The lowest BCUT2D eigenvalue weighted by Crippen LogP contribution is -1.91. The van der Waals surface area contributed by atoms with Gasteiger partial charge >= 0.3 is 0 Å². The zero-order valence-electron chi connectivity index (χ0n) is 7.75. The Bertz CT molecular complexity index is 315. The Hall–Kier alpha value is 0.620. The summed E-state index contributed by atoms with van der Waals surface area (Å²) in [5.74, 6) is 0. The van der Waals surface area contributed by atoms with Crippen LogP contribution in [0.4, 0.5) is 0 Å². The van der Waals surface area contributed by atoms with Crippen molar-refractivity contribution in [3.05, 3.63) is 11.1 Å². The van der Waals surface area contributed by atoms with Crippen molar-refractivity contribution in [2.24, 2.45) is 0 Å². The molecule has 72 valence electrons. The highest BCUT2D eigenvalue weighted by Crippen LogP contribution is 2.38. The fourth-order valence-corrected chi connectivity index (χ4v) is 3.20. The molecule has 0 aliphatic rings. The Labute approximate surface area is 100 Å². The smallest absolute Gasteiger partial charge is 0.0324 e. The molecule has 13 heavy (non-hydrogen) atoms. The Balaban J connectivity index is 3.56. The molecule has 0 aliphatic heterocycles. The lowest BCUT2D eigenvalue weighted by atomic mass is 10.1. The van der Waals surface area contributed by atoms with Gasteiger partial charge in [0, 0.05) is 19.6 Å². The minimum atomic E-state index is 0.874. The van der Waals surface area contributed by atoms with Crippen molar-refractivity contribution in [3.63, 3.8) is 0 Å². The van der Waals surface area contributed by atoms with Gasteiger partial charge in [0.1, 0.15) is 0 Å². The zero-order valence-corrected chi connectivity index (χ0v) is 11.2. The standard InChI is InChI=1S/C9H12S4/c1-4-5(2)9(13-3)8(12)7(11)6(4)10/h10-12H,1-3H3. The summed E-state index contributed by atoms with van der Waals surface area (Å²) in [7, 11) is 0. The van der Waals surface area contributed by atoms with Crippen molar-refractivity contribution in [2.75, 3.05) is 6.26 Å². The minimum Gasteiger partial charge on any atom is -0.142 e. The van der Waals surface area contributed by atoms with E-state index >= 15 is 0 Å². The van der Waals surface area contributed by atoms with E-state index in [0.29, 0.717) is 0 Å². The minimum absolute atomic E-state index is 0.874. The summed E-state index contributed by atoms with van der Waals surface area (Å²) in [6, 6.07) is 0. The molecule has 0 heterocycles. The molecule has 0 unspecified atom stereocenters. The van der Waals surface area contributed by atoms with E-state index in [1.807, 2.05) is 6.26 Å². The van der Waals surface area contributed by atoms with Crippen LogP contribution in [0.3, 0.4) is 0 Å². The maximum Gasteiger partial charge on any atom is 0.0324 e. The first-order chi connectivity index (χ1) is 6.00. The first-order valence-electron chi connectivity index (χ1n) is 3.78. The molecule has 0 radical (unpaired) electrons. The summed E-state index contributed by atoms with van der Waals surface area (Å²) >= 11 is 14.9. The van der Waals surface area contributed by atoms with E-state index in [1.54, 1.807) is 11.8 Å². The Morgan fingerprint density at radius 2 is 1.38 bits per heavy atom. The molecule has 0 bridgehead atoms. The summed E-state index contributed by atoms with van der Waals surface area (Å²) < 4.78 is 0. The largest absolute Gasteiger partial charge is 0.142 e. The number of benzene rings is 1. The molecule has 0 aromatic heterocycles. The summed E-state index contributed by atoms with van der Waals surface area (Å²) in [5, 5.41) is 0. The van der Waals surface area contributed by atoms with Gasteiger partial charge in [-0.15, -0.1) is 49.6 Å². The van der Waals surface area contributed by atoms with Crippen molar-refractivity contribution in [1.82, 2.24) is 0 Å². The topological polar surface area (TPSA) is 0 Å². The van der Waals surface area contributed by atoms with Crippen molar-refractivity contribution in [3.8, 4) is 0 Å². The molecule has 0 amide bonds. The molecule has 0 aliphatic carbocycles. The van der Waals surface area contributed by atoms with Crippen LogP contribution in [-0.4, -0.2) is 6.26 Å². The lowest BCUT2D eigenvalue weighted by Gasteiger charge is -2.14. The molecule has 4 heteroatoms. The molecular weight excluding hydrogens is 236 g/mol. The summed E-state index contributed by atoms with van der Waals surface area (Å²) in [4.78, 5) is 3.94. The molecule has 0 atom stereocenters. The molecular formula is C9H12S4. The first-order valence-corrected chi connectivity index (χ1v) is 6.35. The predicted octanol–water partition coefficient (Wildman–Crippen LogP) is 3.89. The number of rotatable bonds is 1. The van der Waals surface area contributed by atoms with Crippen LogP contribution < -0.4 is 0 Å². The molecule has 0 fully saturated rings. The highest BCUT2D eigenvalue weighted by Gasteiger charge is 2.12. The Kier molecular flexibility index (Phi) is 3.98. The van der Waals surface area contributed by atoms with E-state index in [4.69, 9.17) is 0 Å². The lowest BCUT2D eigenvalue weighted by molar-refractivity contribution is 0.973. The molecule has 0 nitrogen and oxygen atoms in total. The maximum absolute atomic E-state index is 4.43. The average molecular weight is 248 g/mol. The highest BCUT2D eigenvalue weighted by atomic mass is 32.2. The van der Waals surface area contributed by atoms with E-state index < -0.39 is 0 Å². The normalized spacial score (nSPS) is 10.6. The number of hydrogen-bond acceptors (Lipinski definition) is 4. The zero-order chi connectivity index (χ0) is 10.2. The van der Waals surface area contributed by atoms with Crippen LogP contribution in [0.1, 0.15) is 11.1 Å². The van der Waals surface area contributed by atoms with Crippen LogP contribution in [-0.2, 0) is 0 Å². The van der Waals surface area contributed by atoms with Crippen LogP contribution in [0.15, 0.2) is 19.6 Å². The van der Waals surface area contributed by atoms with E-state index in [1.165, 1.54) is 16.0 Å². The van der Waals surface area contributed by atoms with Gasteiger partial charge in [-0.05, 0) is 31.2 Å². The van der Waals surface area contributed by atoms with Gasteiger partial charge in [-0.1, -0.05) is 0 Å². The van der Waals surface area contributed by atoms with Gasteiger partial charge in [0.25, 0.3) is 0 Å². The van der Waals surface area contributed by atoms with Crippen molar-refractivity contribution in [1.29, 1.82) is 0 Å². The summed E-state index contributed by atoms with van der Waals surface area (Å²) in [6.45, 7) is 4.15. The summed E-state index contributed by atoms with van der Waals surface area (Å²) in [5.41, 5.74) is 2.44. The van der Waals surface area contributed by atoms with Crippen LogP contribution in [0.5, 0.6) is 0 Å². The van der Waals surface area contributed by atoms with E-state index in [9.17, 15) is 0 Å². The third kappa shape index (κ3) is 2.01. The summed E-state index contributed by atoms with van der Waals surface area (Å²) in [6.07, 6.45) is 2.05. The van der Waals surface area contributed by atoms with Gasteiger partial charge in [0.15, 0.2) is 0 Å². The van der Waals surface area contributed by atoms with Gasteiger partial charge in [-0.25, -0.2) is 0 Å². The highest BCUT2D eigenvalue weighted by molar-refractivity contribution is 7.99. The fourth-order valence-electron chi connectivity index (χ4n) is 1.17. The van der Waals surface area contributed by atoms with Gasteiger partial charge in [0.2, 0.25) is 0 Å². The van der Waals surface area contributed by atoms with Crippen LogP contribution in [0, 0.1) is 13.8 Å². The van der Waals surface area contributed by atoms with E-state index in [2.05, 4.69) is 51.7 Å². The van der Waals surface area contributed by atoms with Gasteiger partial charge in [-0.3, -0.25) is 0 Å². The second kappa shape index (κ2) is 4.43. The van der Waals surface area contributed by atoms with Crippen LogP contribution in [0.25, 0.3) is 0 Å². The number of hydrogen-bond donors (Lipinski definition) is 3. The monoisotopic (exact) mass is 248 g/mol. The second-order valence-corrected chi connectivity index (χ2v) is 4.99. The Morgan fingerprint density at radius 1 is 0.846 bits per heavy atom. The maximum atomic E-state index is 4.43. The molecule has 0 spiro atoms. The molecule has 1 aromatic carbocycles. The van der Waals surface area contributed by atoms with Crippen LogP contribution in [0.2, 0.25) is 0 Å². The quantitative estimate of drug-likeness (QED) is 0.501. The molecule has 0 N–H and O–H groups in total. The molecule has 0 saturated carbocycles. The van der Waals surface area contributed by atoms with Crippen molar-refractivity contribution in [2.45, 2.75) is 33.4 Å². The number of thiol groups is 3. The molecule has 1 aromatic rings. The first kappa shape index (κ1) is 11.7. The molecule has 1 rings (SSSR count).